The minimum Gasteiger partial charge on any atom is -0.494 e. The van der Waals surface area contributed by atoms with E-state index in [2.05, 4.69) is 5.10 Å². The lowest BCUT2D eigenvalue weighted by Crippen LogP contribution is -2.19. The zero-order chi connectivity index (χ0) is 13.8. The van der Waals surface area contributed by atoms with Gasteiger partial charge in [0.05, 0.1) is 25.6 Å². The molecule has 0 atom stereocenters. The first-order valence-corrected chi connectivity index (χ1v) is 7.21. The highest BCUT2D eigenvalue weighted by molar-refractivity contribution is 5.46. The predicted molar refractivity (Wildman–Crippen MR) is 77.6 cm³/mol. The van der Waals surface area contributed by atoms with E-state index in [4.69, 9.17) is 9.47 Å². The zero-order valence-corrected chi connectivity index (χ0v) is 11.8. The number of methoxy groups -OCH3 is 1. The van der Waals surface area contributed by atoms with Gasteiger partial charge in [0.25, 0.3) is 0 Å². The topological polar surface area (TPSA) is 36.3 Å². The fourth-order valence-corrected chi connectivity index (χ4v) is 2.69. The second-order valence-corrected chi connectivity index (χ2v) is 5.17. The van der Waals surface area contributed by atoms with Crippen molar-refractivity contribution < 1.29 is 9.47 Å². The van der Waals surface area contributed by atoms with Crippen LogP contribution in [-0.4, -0.2) is 23.0 Å². The van der Waals surface area contributed by atoms with Gasteiger partial charge in [0.1, 0.15) is 11.4 Å². The van der Waals surface area contributed by atoms with Crippen LogP contribution in [0.1, 0.15) is 32.1 Å². The van der Waals surface area contributed by atoms with Crippen molar-refractivity contribution in [3.8, 4) is 17.2 Å². The number of para-hydroxylation sites is 2. The molecule has 0 spiro atoms. The van der Waals surface area contributed by atoms with E-state index < -0.39 is 0 Å². The summed E-state index contributed by atoms with van der Waals surface area (Å²) in [5.74, 6) is 1.64. The lowest BCUT2D eigenvalue weighted by atomic mass is 9.98. The van der Waals surface area contributed by atoms with Gasteiger partial charge in [-0.1, -0.05) is 18.6 Å². The average molecular weight is 272 g/mol. The highest BCUT2D eigenvalue weighted by Crippen LogP contribution is 2.26. The van der Waals surface area contributed by atoms with Crippen LogP contribution in [0.5, 0.6) is 11.5 Å². The Kier molecular flexibility index (Phi) is 3.90. The van der Waals surface area contributed by atoms with Crippen LogP contribution in [-0.2, 0) is 0 Å². The number of hydrogen-bond donors (Lipinski definition) is 0. The quantitative estimate of drug-likeness (QED) is 0.853. The Bertz CT molecular complexity index is 559. The van der Waals surface area contributed by atoms with E-state index in [1.807, 2.05) is 30.5 Å². The Morgan fingerprint density at radius 1 is 1.15 bits per heavy atom. The number of hydrogen-bond acceptors (Lipinski definition) is 3. The van der Waals surface area contributed by atoms with Gasteiger partial charge < -0.3 is 9.47 Å². The molecule has 0 N–H and O–H groups in total. The van der Waals surface area contributed by atoms with Crippen molar-refractivity contribution in [2.24, 2.45) is 0 Å². The highest BCUT2D eigenvalue weighted by Gasteiger charge is 2.16. The molecule has 2 aromatic rings. The van der Waals surface area contributed by atoms with Gasteiger partial charge in [-0.2, -0.15) is 5.10 Å². The molecule has 0 radical (unpaired) electrons. The smallest absolute Gasteiger partial charge is 0.158 e. The second kappa shape index (κ2) is 5.99. The molecule has 0 aliphatic heterocycles. The Morgan fingerprint density at radius 3 is 2.75 bits per heavy atom. The Labute approximate surface area is 119 Å². The van der Waals surface area contributed by atoms with E-state index in [-0.39, 0.29) is 0 Å². The summed E-state index contributed by atoms with van der Waals surface area (Å²) in [6, 6.07) is 7.83. The molecule has 1 aromatic carbocycles. The van der Waals surface area contributed by atoms with E-state index in [1.165, 1.54) is 19.3 Å². The minimum atomic E-state index is 0.346. The number of rotatable bonds is 4. The first-order valence-electron chi connectivity index (χ1n) is 7.21. The van der Waals surface area contributed by atoms with E-state index in [0.717, 1.165) is 30.0 Å². The molecule has 3 rings (SSSR count). The first kappa shape index (κ1) is 13.0. The maximum atomic E-state index is 6.01. The summed E-state index contributed by atoms with van der Waals surface area (Å²) in [5, 5.41) is 4.37. The zero-order valence-electron chi connectivity index (χ0n) is 11.8. The third-order valence-electron chi connectivity index (χ3n) is 3.75. The van der Waals surface area contributed by atoms with Gasteiger partial charge in [-0.15, -0.1) is 0 Å². The van der Waals surface area contributed by atoms with Crippen molar-refractivity contribution in [2.75, 3.05) is 7.11 Å². The Hall–Kier alpha value is -1.97. The molecule has 1 aromatic heterocycles. The van der Waals surface area contributed by atoms with Gasteiger partial charge >= 0.3 is 0 Å². The van der Waals surface area contributed by atoms with Crippen LogP contribution in [0.25, 0.3) is 5.69 Å². The molecule has 4 heteroatoms. The highest BCUT2D eigenvalue weighted by atomic mass is 16.5. The summed E-state index contributed by atoms with van der Waals surface area (Å²) in [6.07, 6.45) is 10.2. The van der Waals surface area contributed by atoms with Gasteiger partial charge in [0.15, 0.2) is 5.75 Å². The van der Waals surface area contributed by atoms with Gasteiger partial charge in [-0.3, -0.25) is 0 Å². The van der Waals surface area contributed by atoms with E-state index in [1.54, 1.807) is 18.0 Å². The molecule has 4 nitrogen and oxygen atoms in total. The third kappa shape index (κ3) is 2.79. The van der Waals surface area contributed by atoms with Crippen molar-refractivity contribution >= 4 is 0 Å². The Balaban J connectivity index is 1.75. The monoisotopic (exact) mass is 272 g/mol. The predicted octanol–water partition coefficient (Wildman–Crippen LogP) is 3.59. The van der Waals surface area contributed by atoms with Crippen LogP contribution in [0, 0.1) is 0 Å². The summed E-state index contributed by atoms with van der Waals surface area (Å²) < 4.78 is 13.2. The fourth-order valence-electron chi connectivity index (χ4n) is 2.69. The molecule has 1 fully saturated rings. The summed E-state index contributed by atoms with van der Waals surface area (Å²) in [5.41, 5.74) is 0.925. The normalized spacial score (nSPS) is 16.1. The number of benzene rings is 1. The van der Waals surface area contributed by atoms with E-state index >= 15 is 0 Å². The largest absolute Gasteiger partial charge is 0.494 e. The molecule has 20 heavy (non-hydrogen) atoms. The maximum absolute atomic E-state index is 6.01. The van der Waals surface area contributed by atoms with Crippen LogP contribution >= 0.6 is 0 Å². The minimum absolute atomic E-state index is 0.346. The molecule has 0 amide bonds. The van der Waals surface area contributed by atoms with Crippen molar-refractivity contribution in [2.45, 2.75) is 38.2 Å². The average Bonchev–Trinajstić information content (AvgIpc) is 2.96. The summed E-state index contributed by atoms with van der Waals surface area (Å²) in [4.78, 5) is 0. The summed E-state index contributed by atoms with van der Waals surface area (Å²) in [6.45, 7) is 0. The van der Waals surface area contributed by atoms with Crippen molar-refractivity contribution in [1.82, 2.24) is 9.78 Å². The van der Waals surface area contributed by atoms with Crippen LogP contribution in [0.4, 0.5) is 0 Å². The SMILES string of the molecule is COc1ccccc1-n1cc(OC2CCCCC2)cn1. The standard InChI is InChI=1S/C16H20N2O2/c1-19-16-10-6-5-9-15(16)18-12-14(11-17-18)20-13-7-3-2-4-8-13/h5-6,9-13H,2-4,7-8H2,1H3. The molecular formula is C16H20N2O2. The number of ether oxygens (including phenoxy) is 2. The van der Waals surface area contributed by atoms with Crippen molar-refractivity contribution in [3.63, 3.8) is 0 Å². The first-order chi connectivity index (χ1) is 9.86. The fraction of sp³-hybridized carbons (Fsp3) is 0.438. The van der Waals surface area contributed by atoms with Crippen LogP contribution in [0.2, 0.25) is 0 Å². The molecule has 106 valence electrons. The van der Waals surface area contributed by atoms with Crippen LogP contribution in [0.15, 0.2) is 36.7 Å². The molecule has 0 unspecified atom stereocenters. The lowest BCUT2D eigenvalue weighted by molar-refractivity contribution is 0.155. The molecule has 0 saturated heterocycles. The molecule has 1 saturated carbocycles. The summed E-state index contributed by atoms with van der Waals surface area (Å²) >= 11 is 0. The van der Waals surface area contributed by atoms with Crippen LogP contribution in [0.3, 0.4) is 0 Å². The van der Waals surface area contributed by atoms with E-state index in [0.29, 0.717) is 6.10 Å². The van der Waals surface area contributed by atoms with E-state index in [9.17, 15) is 0 Å². The number of nitrogens with zero attached hydrogens (tertiary/aromatic N) is 2. The molecular weight excluding hydrogens is 252 g/mol. The van der Waals surface area contributed by atoms with Crippen molar-refractivity contribution in [3.05, 3.63) is 36.7 Å². The van der Waals surface area contributed by atoms with Gasteiger partial charge in [0, 0.05) is 0 Å². The van der Waals surface area contributed by atoms with Gasteiger partial charge in [-0.25, -0.2) is 4.68 Å². The molecule has 0 bridgehead atoms. The lowest BCUT2D eigenvalue weighted by Gasteiger charge is -2.21. The van der Waals surface area contributed by atoms with Crippen LogP contribution < -0.4 is 9.47 Å². The molecule has 1 aliphatic rings. The van der Waals surface area contributed by atoms with Gasteiger partial charge in [0.2, 0.25) is 0 Å². The second-order valence-electron chi connectivity index (χ2n) is 5.17. The molecule has 1 heterocycles. The van der Waals surface area contributed by atoms with Gasteiger partial charge in [-0.05, 0) is 37.8 Å². The van der Waals surface area contributed by atoms with Crippen molar-refractivity contribution in [1.29, 1.82) is 0 Å². The Morgan fingerprint density at radius 2 is 1.95 bits per heavy atom. The maximum Gasteiger partial charge on any atom is 0.158 e. The molecule has 1 aliphatic carbocycles. The summed E-state index contributed by atoms with van der Waals surface area (Å²) in [7, 11) is 1.67. The number of aromatic nitrogens is 2. The third-order valence-corrected chi connectivity index (χ3v) is 3.75.